The average molecular weight is 427 g/mol. The number of hydrogen-bond donors (Lipinski definition) is 3. The Morgan fingerprint density at radius 3 is 2.42 bits per heavy atom. The minimum absolute atomic E-state index is 0.289. The predicted molar refractivity (Wildman–Crippen MR) is 121 cm³/mol. The Hall–Kier alpha value is -2.74. The normalized spacial score (nSPS) is 17.4. The molecule has 3 N–H and O–H groups in total. The summed E-state index contributed by atoms with van der Waals surface area (Å²) in [6, 6.07) is 7.47. The van der Waals surface area contributed by atoms with E-state index in [9.17, 15) is 4.39 Å². The number of rotatable bonds is 5. The molecule has 0 unspecified atom stereocenters. The maximum absolute atomic E-state index is 14.2. The van der Waals surface area contributed by atoms with Crippen molar-refractivity contribution in [1.29, 1.82) is 0 Å². The molecule has 0 radical (unpaired) electrons. The predicted octanol–water partition coefficient (Wildman–Crippen LogP) is 5.18. The van der Waals surface area contributed by atoms with Crippen LogP contribution in [-0.4, -0.2) is 37.8 Å². The van der Waals surface area contributed by atoms with Gasteiger partial charge in [-0.25, -0.2) is 14.4 Å². The lowest BCUT2D eigenvalue weighted by Crippen LogP contribution is -2.23. The summed E-state index contributed by atoms with van der Waals surface area (Å²) < 4.78 is 16.4. The SMILES string of the molecule is CO.Fc1ccccc1Nc1nc2cnc(NC3CCCCC3)nc2n1C1CCCC1. The molecule has 2 aromatic heterocycles. The number of imidazole rings is 1. The zero-order valence-electron chi connectivity index (χ0n) is 18.0. The molecule has 166 valence electrons. The fourth-order valence-electron chi connectivity index (χ4n) is 4.67. The number of anilines is 3. The van der Waals surface area contributed by atoms with E-state index in [1.807, 2.05) is 6.07 Å². The van der Waals surface area contributed by atoms with E-state index in [2.05, 4.69) is 20.2 Å². The van der Waals surface area contributed by atoms with Gasteiger partial charge in [0.25, 0.3) is 0 Å². The van der Waals surface area contributed by atoms with Crippen LogP contribution in [-0.2, 0) is 0 Å². The highest BCUT2D eigenvalue weighted by Gasteiger charge is 2.25. The molecule has 5 rings (SSSR count). The monoisotopic (exact) mass is 426 g/mol. The number of aliphatic hydroxyl groups excluding tert-OH is 1. The van der Waals surface area contributed by atoms with E-state index < -0.39 is 0 Å². The number of nitrogens with zero attached hydrogens (tertiary/aromatic N) is 4. The number of aromatic nitrogens is 4. The van der Waals surface area contributed by atoms with Gasteiger partial charge in [0, 0.05) is 19.2 Å². The van der Waals surface area contributed by atoms with E-state index in [4.69, 9.17) is 15.1 Å². The van der Waals surface area contributed by atoms with Crippen molar-refractivity contribution in [2.45, 2.75) is 69.9 Å². The quantitative estimate of drug-likeness (QED) is 0.521. The Morgan fingerprint density at radius 1 is 0.968 bits per heavy atom. The van der Waals surface area contributed by atoms with Crippen LogP contribution < -0.4 is 10.6 Å². The summed E-state index contributed by atoms with van der Waals surface area (Å²) in [7, 11) is 1.00. The number of para-hydroxylation sites is 1. The molecule has 2 aliphatic carbocycles. The molecule has 0 aliphatic heterocycles. The van der Waals surface area contributed by atoms with Gasteiger partial charge in [-0.1, -0.05) is 44.2 Å². The Labute approximate surface area is 182 Å². The van der Waals surface area contributed by atoms with Crippen molar-refractivity contribution < 1.29 is 9.50 Å². The van der Waals surface area contributed by atoms with Gasteiger partial charge in [-0.3, -0.25) is 4.57 Å². The van der Waals surface area contributed by atoms with E-state index in [0.717, 1.165) is 31.1 Å². The minimum atomic E-state index is -0.289. The maximum Gasteiger partial charge on any atom is 0.224 e. The summed E-state index contributed by atoms with van der Waals surface area (Å²) >= 11 is 0. The Balaban J connectivity index is 0.00000112. The molecule has 0 saturated heterocycles. The van der Waals surface area contributed by atoms with E-state index in [1.54, 1.807) is 18.3 Å². The second kappa shape index (κ2) is 10.0. The summed E-state index contributed by atoms with van der Waals surface area (Å²) in [5.41, 5.74) is 1.99. The third kappa shape index (κ3) is 4.79. The lowest BCUT2D eigenvalue weighted by Gasteiger charge is -2.22. The molecule has 2 aliphatic rings. The molecular formula is C23H31FN6O. The van der Waals surface area contributed by atoms with Crippen LogP contribution in [0.3, 0.4) is 0 Å². The van der Waals surface area contributed by atoms with Crippen molar-refractivity contribution in [3.8, 4) is 0 Å². The van der Waals surface area contributed by atoms with Gasteiger partial charge in [0.15, 0.2) is 5.65 Å². The van der Waals surface area contributed by atoms with E-state index >= 15 is 0 Å². The highest BCUT2D eigenvalue weighted by molar-refractivity contribution is 5.76. The van der Waals surface area contributed by atoms with Gasteiger partial charge in [-0.05, 0) is 37.8 Å². The summed E-state index contributed by atoms with van der Waals surface area (Å²) in [5, 5.41) is 13.7. The number of nitrogens with one attached hydrogen (secondary N) is 2. The smallest absolute Gasteiger partial charge is 0.224 e. The molecule has 3 aromatic rings. The van der Waals surface area contributed by atoms with E-state index in [1.165, 1.54) is 51.0 Å². The molecule has 2 saturated carbocycles. The molecule has 8 heteroatoms. The average Bonchev–Trinajstić information content (AvgIpc) is 3.45. The highest BCUT2D eigenvalue weighted by Crippen LogP contribution is 2.36. The van der Waals surface area contributed by atoms with Crippen molar-refractivity contribution in [3.63, 3.8) is 0 Å². The maximum atomic E-state index is 14.2. The molecule has 0 atom stereocenters. The fourth-order valence-corrected chi connectivity index (χ4v) is 4.67. The van der Waals surface area contributed by atoms with Gasteiger partial charge in [0.1, 0.15) is 11.3 Å². The first-order valence-corrected chi connectivity index (χ1v) is 11.3. The second-order valence-corrected chi connectivity index (χ2v) is 8.23. The van der Waals surface area contributed by atoms with E-state index in [0.29, 0.717) is 29.7 Å². The first kappa shape index (κ1) is 21.5. The van der Waals surface area contributed by atoms with Crippen LogP contribution in [0.1, 0.15) is 63.8 Å². The fraction of sp³-hybridized carbons (Fsp3) is 0.522. The summed E-state index contributed by atoms with van der Waals surface area (Å²) in [6.45, 7) is 0. The number of fused-ring (bicyclic) bond motifs is 1. The number of hydrogen-bond acceptors (Lipinski definition) is 6. The van der Waals surface area contributed by atoms with Gasteiger partial charge in [-0.2, -0.15) is 4.98 Å². The molecule has 7 nitrogen and oxygen atoms in total. The van der Waals surface area contributed by atoms with Gasteiger partial charge in [0.05, 0.1) is 11.9 Å². The molecular weight excluding hydrogens is 395 g/mol. The largest absolute Gasteiger partial charge is 0.400 e. The lowest BCUT2D eigenvalue weighted by molar-refractivity contribution is 0.399. The second-order valence-electron chi connectivity index (χ2n) is 8.23. The zero-order valence-corrected chi connectivity index (χ0v) is 18.0. The number of benzene rings is 1. The van der Waals surface area contributed by atoms with Gasteiger partial charge in [-0.15, -0.1) is 0 Å². The summed E-state index contributed by atoms with van der Waals surface area (Å²) in [5.74, 6) is 1.02. The molecule has 31 heavy (non-hydrogen) atoms. The first-order chi connectivity index (χ1) is 15.3. The molecule has 0 bridgehead atoms. The van der Waals surface area contributed by atoms with Crippen LogP contribution in [0.15, 0.2) is 30.5 Å². The van der Waals surface area contributed by atoms with Crippen LogP contribution in [0, 0.1) is 5.82 Å². The van der Waals surface area contributed by atoms with Crippen molar-refractivity contribution in [2.75, 3.05) is 17.7 Å². The minimum Gasteiger partial charge on any atom is -0.400 e. The topological polar surface area (TPSA) is 87.9 Å². The van der Waals surface area contributed by atoms with Crippen molar-refractivity contribution in [3.05, 3.63) is 36.3 Å². The summed E-state index contributed by atoms with van der Waals surface area (Å²) in [4.78, 5) is 14.1. The third-order valence-electron chi connectivity index (χ3n) is 6.18. The Morgan fingerprint density at radius 2 is 1.68 bits per heavy atom. The van der Waals surface area contributed by atoms with Crippen molar-refractivity contribution in [2.24, 2.45) is 0 Å². The van der Waals surface area contributed by atoms with Gasteiger partial charge < -0.3 is 15.7 Å². The Kier molecular flexibility index (Phi) is 6.96. The zero-order chi connectivity index (χ0) is 21.6. The standard InChI is InChI=1S/C22H27FN6.CH4O/c23-17-12-6-7-13-18(17)26-22-27-19-14-24-21(25-15-8-2-1-3-9-15)28-20(19)29(22)16-10-4-5-11-16;1-2/h6-7,12-16H,1-5,8-11H2,(H,26,27)(H,24,25,28);2H,1H3. The van der Waals surface area contributed by atoms with Crippen LogP contribution in [0.2, 0.25) is 0 Å². The van der Waals surface area contributed by atoms with Gasteiger partial charge >= 0.3 is 0 Å². The van der Waals surface area contributed by atoms with Crippen molar-refractivity contribution in [1.82, 2.24) is 19.5 Å². The molecule has 1 aromatic carbocycles. The van der Waals surface area contributed by atoms with Crippen LogP contribution >= 0.6 is 0 Å². The number of halogens is 1. The Bertz CT molecular complexity index is 995. The van der Waals surface area contributed by atoms with Gasteiger partial charge in [0.2, 0.25) is 11.9 Å². The van der Waals surface area contributed by atoms with Crippen LogP contribution in [0.4, 0.5) is 22.0 Å². The van der Waals surface area contributed by atoms with E-state index in [-0.39, 0.29) is 5.82 Å². The van der Waals surface area contributed by atoms with Crippen LogP contribution in [0.5, 0.6) is 0 Å². The number of aliphatic hydroxyl groups is 1. The first-order valence-electron chi connectivity index (χ1n) is 11.3. The third-order valence-corrected chi connectivity index (χ3v) is 6.18. The molecule has 2 heterocycles. The summed E-state index contributed by atoms with van der Waals surface area (Å²) in [6.07, 6.45) is 12.5. The molecule has 0 amide bonds. The lowest BCUT2D eigenvalue weighted by atomic mass is 9.96. The molecule has 2 fully saturated rings. The highest BCUT2D eigenvalue weighted by atomic mass is 19.1. The molecule has 0 spiro atoms. The van der Waals surface area contributed by atoms with Crippen LogP contribution in [0.25, 0.3) is 11.2 Å². The van der Waals surface area contributed by atoms with Crippen molar-refractivity contribution >= 4 is 28.7 Å².